The summed E-state index contributed by atoms with van der Waals surface area (Å²) < 4.78 is 32.3. The van der Waals surface area contributed by atoms with Crippen LogP contribution in [0.1, 0.15) is 133 Å². The number of carbonyl (C=O) groups excluding carboxylic acids is 5. The van der Waals surface area contributed by atoms with Crippen molar-refractivity contribution in [1.82, 2.24) is 21.3 Å². The first-order valence-electron chi connectivity index (χ1n) is 18.5. The molecule has 4 N–H and O–H groups in total. The molecule has 0 aliphatic carbocycles. The van der Waals surface area contributed by atoms with E-state index in [1.165, 1.54) is 39.7 Å². The number of urea groups is 1. The lowest BCUT2D eigenvalue weighted by Crippen LogP contribution is -2.32. The van der Waals surface area contributed by atoms with Crippen LogP contribution < -0.4 is 21.3 Å². The van der Waals surface area contributed by atoms with Gasteiger partial charge in [-0.15, -0.1) is 0 Å². The number of unbranched alkanes of at least 4 members (excludes halogenated alkanes) is 2. The number of methoxy groups -OCH3 is 4. The second kappa shape index (κ2) is 78.3. The van der Waals surface area contributed by atoms with Crippen molar-refractivity contribution in [2.24, 2.45) is 0 Å². The molecule has 53 heavy (non-hydrogen) atoms. The maximum atomic E-state index is 10.3. The first kappa shape index (κ1) is 71.6. The molecule has 0 aliphatic rings. The van der Waals surface area contributed by atoms with Crippen molar-refractivity contribution in [2.75, 3.05) is 82.2 Å². The monoisotopic (exact) mass is 795 g/mol. The molecule has 1 unspecified atom stereocenters. The molecule has 326 valence electrons. The number of esters is 2. The van der Waals surface area contributed by atoms with Gasteiger partial charge in [0.25, 0.3) is 0 Å². The molecule has 0 rings (SSSR count). The van der Waals surface area contributed by atoms with Crippen molar-refractivity contribution >= 4 is 40.9 Å². The quantitative estimate of drug-likeness (QED) is 0.143. The highest BCUT2D eigenvalue weighted by molar-refractivity contribution is 7.79. The van der Waals surface area contributed by atoms with Crippen molar-refractivity contribution in [2.45, 2.75) is 133 Å². The molecule has 0 aromatic rings. The fourth-order valence-electron chi connectivity index (χ4n) is 1.95. The van der Waals surface area contributed by atoms with E-state index in [1.54, 1.807) is 49.2 Å². The van der Waals surface area contributed by atoms with Crippen LogP contribution in [0.4, 0.5) is 4.79 Å². The lowest BCUT2D eigenvalue weighted by molar-refractivity contribution is -0.141. The van der Waals surface area contributed by atoms with E-state index >= 15 is 0 Å². The Morgan fingerprint density at radius 3 is 1.06 bits per heavy atom. The van der Waals surface area contributed by atoms with Crippen LogP contribution in [0.2, 0.25) is 0 Å². The number of amides is 4. The van der Waals surface area contributed by atoms with Gasteiger partial charge in [0.1, 0.15) is 0 Å². The van der Waals surface area contributed by atoms with Crippen LogP contribution in [-0.2, 0) is 53.4 Å². The van der Waals surface area contributed by atoms with Gasteiger partial charge in [-0.05, 0) is 40.0 Å². The zero-order valence-corrected chi connectivity index (χ0v) is 38.1. The Morgan fingerprint density at radius 1 is 0.547 bits per heavy atom. The molecule has 0 aliphatic heterocycles. The minimum Gasteiger partial charge on any atom is -0.469 e. The Labute approximate surface area is 328 Å². The van der Waals surface area contributed by atoms with E-state index in [1.807, 2.05) is 34.6 Å². The van der Waals surface area contributed by atoms with E-state index in [-0.39, 0.29) is 29.8 Å². The Balaban J connectivity index is -0.0000000590. The first-order valence-corrected chi connectivity index (χ1v) is 20.0. The number of hydrogen-bond acceptors (Lipinski definition) is 11. The second-order valence-corrected chi connectivity index (χ2v) is 10.6. The summed E-state index contributed by atoms with van der Waals surface area (Å²) in [5, 5.41) is 9.96. The number of hydrogen-bond donors (Lipinski definition) is 4. The van der Waals surface area contributed by atoms with Gasteiger partial charge in [-0.25, -0.2) is 9.00 Å². The molecule has 0 aromatic carbocycles. The van der Waals surface area contributed by atoms with Crippen molar-refractivity contribution < 1.29 is 51.3 Å². The number of carbonyl (C=O) groups is 5. The number of ether oxygens (including phenoxy) is 4. The van der Waals surface area contributed by atoms with Gasteiger partial charge in [0.15, 0.2) is 11.1 Å². The Kier molecular flexibility index (Phi) is 106. The summed E-state index contributed by atoms with van der Waals surface area (Å²) in [6.07, 6.45) is 10.7. The lowest BCUT2D eigenvalue weighted by Gasteiger charge is -1.96. The highest BCUT2D eigenvalue weighted by atomic mass is 32.2. The van der Waals surface area contributed by atoms with Crippen molar-refractivity contribution in [1.29, 1.82) is 0 Å². The molecule has 0 radical (unpaired) electrons. The molecule has 16 heteroatoms. The second-order valence-electron chi connectivity index (χ2n) is 9.55. The summed E-state index contributed by atoms with van der Waals surface area (Å²) in [6, 6.07) is -0.123. The zero-order valence-electron chi connectivity index (χ0n) is 37.3. The smallest absolute Gasteiger partial charge is 0.314 e. The minimum absolute atomic E-state index is 0.0926. The van der Waals surface area contributed by atoms with Crippen LogP contribution in [0.5, 0.6) is 0 Å². The van der Waals surface area contributed by atoms with Gasteiger partial charge >= 0.3 is 18.0 Å². The average molecular weight is 795 g/mol. The van der Waals surface area contributed by atoms with Gasteiger partial charge in [0, 0.05) is 87.1 Å². The predicted octanol–water partition coefficient (Wildman–Crippen LogP) is 6.35. The Hall–Kier alpha value is -2.82. The third-order valence-corrected chi connectivity index (χ3v) is 5.37. The van der Waals surface area contributed by atoms with Gasteiger partial charge in [-0.3, -0.25) is 23.4 Å². The van der Waals surface area contributed by atoms with Crippen LogP contribution in [0, 0.1) is 0 Å². The number of rotatable bonds is 14. The molecule has 0 aromatic heterocycles. The average Bonchev–Trinajstić information content (AvgIpc) is 3.16. The van der Waals surface area contributed by atoms with Gasteiger partial charge in [-0.2, -0.15) is 0 Å². The molecule has 0 heterocycles. The molecule has 0 bridgehead atoms. The van der Waals surface area contributed by atoms with E-state index in [4.69, 9.17) is 4.74 Å². The van der Waals surface area contributed by atoms with Gasteiger partial charge < -0.3 is 40.2 Å². The lowest BCUT2D eigenvalue weighted by atomic mass is 10.3. The van der Waals surface area contributed by atoms with E-state index < -0.39 is 11.1 Å². The largest absolute Gasteiger partial charge is 0.469 e. The summed E-state index contributed by atoms with van der Waals surface area (Å²) in [7, 11) is 11.0. The maximum Gasteiger partial charge on any atom is 0.314 e. The molecular weight excluding hydrogens is 708 g/mol. The number of nitrogens with one attached hydrogen (secondary N) is 4. The summed E-state index contributed by atoms with van der Waals surface area (Å²) in [5.74, 6) is -0.0602. The predicted molar refractivity (Wildman–Crippen MR) is 221 cm³/mol. The van der Waals surface area contributed by atoms with Crippen LogP contribution in [0.25, 0.3) is 0 Å². The van der Waals surface area contributed by atoms with Crippen molar-refractivity contribution in [3.8, 4) is 0 Å². The van der Waals surface area contributed by atoms with E-state index in [9.17, 15) is 28.2 Å². The van der Waals surface area contributed by atoms with E-state index in [0.29, 0.717) is 38.8 Å². The van der Waals surface area contributed by atoms with Gasteiger partial charge in [-0.1, -0.05) is 67.7 Å². The van der Waals surface area contributed by atoms with Crippen LogP contribution in [0.3, 0.4) is 0 Å². The fraction of sp³-hybridized carbons (Fsp3) is 0.865. The summed E-state index contributed by atoms with van der Waals surface area (Å²) in [4.78, 5) is 50.7. The Bertz CT molecular complexity index is 652. The van der Waals surface area contributed by atoms with Crippen LogP contribution in [-0.4, -0.2) is 116 Å². The molecule has 15 nitrogen and oxygen atoms in total. The third kappa shape index (κ3) is 138. The maximum absolute atomic E-state index is 10.3. The SMILES string of the molecule is CCC(=O)NC.CCC(=O)OC.CCCC(=O)NC.CCCC(=O)OC.CCCCC.CCCOC.CCNC(=O)NC.CCOC.CCOS(C)=O. The zero-order chi connectivity index (χ0) is 43.7. The van der Waals surface area contributed by atoms with Gasteiger partial charge in [0.2, 0.25) is 11.8 Å². The highest BCUT2D eigenvalue weighted by Gasteiger charge is 1.93. The molecule has 0 fully saturated rings. The van der Waals surface area contributed by atoms with E-state index in [2.05, 4.69) is 60.4 Å². The third-order valence-electron chi connectivity index (χ3n) is 4.81. The Morgan fingerprint density at radius 2 is 1.00 bits per heavy atom. The molecule has 0 spiro atoms. The van der Waals surface area contributed by atoms with Crippen LogP contribution in [0.15, 0.2) is 0 Å². The van der Waals surface area contributed by atoms with Crippen molar-refractivity contribution in [3.05, 3.63) is 0 Å². The van der Waals surface area contributed by atoms with E-state index in [0.717, 1.165) is 32.5 Å². The standard InChI is InChI=1S/C5H11NO.C5H10O2.C5H12.C4H10N2O.C4H9NO.C4H8O2.C4H10O.C3H8O2S.C3H8O/c1-3-4-5(7)6-2;1-3-4-5(6)7-2;1-3-5-4-2;1-3-6-4(7)5-2;1-3-4(6)5-2;1-3-4(5)6-2;1-3-4-5-2;1-3-5-6(2)4;1-3-4-2/h3-4H2,1-2H3,(H,6,7);3-4H2,1-2H3;3-5H2,1-2H3;3H2,1-2H3,(H2,5,6,7);3H2,1-2H3,(H,5,6);3H2,1-2H3;3-4H2,1-2H3;3H2,1-2H3;3H2,1-2H3. The summed E-state index contributed by atoms with van der Waals surface area (Å²) in [6.45, 7) is 22.6. The topological polar surface area (TPSA) is 197 Å². The molecule has 1 atom stereocenters. The molecule has 0 saturated heterocycles. The fourth-order valence-corrected chi connectivity index (χ4v) is 2.28. The molecule has 4 amide bonds. The first-order chi connectivity index (χ1) is 25.1. The normalized spacial score (nSPS) is 8.72. The summed E-state index contributed by atoms with van der Waals surface area (Å²) in [5.41, 5.74) is 0. The van der Waals surface area contributed by atoms with Crippen molar-refractivity contribution in [3.63, 3.8) is 0 Å². The van der Waals surface area contributed by atoms with Crippen LogP contribution >= 0.6 is 0 Å². The highest BCUT2D eigenvalue weighted by Crippen LogP contribution is 1.88. The molecular formula is C37H86N4O11S. The molecule has 0 saturated carbocycles. The summed E-state index contributed by atoms with van der Waals surface area (Å²) >= 11 is -1.07. The minimum atomic E-state index is -1.07. The van der Waals surface area contributed by atoms with Gasteiger partial charge in [0.05, 0.1) is 20.8 Å².